The Balaban J connectivity index is 2.08. The summed E-state index contributed by atoms with van der Waals surface area (Å²) in [6, 6.07) is 6.98. The lowest BCUT2D eigenvalue weighted by atomic mass is 10.1. The SMILES string of the molecule is CC(Nc1ccc(F)cn1)c1ccncc1. The molecular formula is C12H12FN3. The smallest absolute Gasteiger partial charge is 0.141 e. The van der Waals surface area contributed by atoms with Crippen LogP contribution in [0.3, 0.4) is 0 Å². The number of anilines is 1. The Morgan fingerprint density at radius 2 is 1.94 bits per heavy atom. The number of halogens is 1. The molecule has 0 aromatic carbocycles. The first-order valence-electron chi connectivity index (χ1n) is 5.04. The quantitative estimate of drug-likeness (QED) is 0.859. The van der Waals surface area contributed by atoms with E-state index in [-0.39, 0.29) is 11.9 Å². The second kappa shape index (κ2) is 4.70. The third-order valence-electron chi connectivity index (χ3n) is 2.30. The molecule has 1 atom stereocenters. The highest BCUT2D eigenvalue weighted by atomic mass is 19.1. The zero-order valence-electron chi connectivity index (χ0n) is 8.89. The van der Waals surface area contributed by atoms with E-state index in [0.29, 0.717) is 5.82 Å². The van der Waals surface area contributed by atoms with Gasteiger partial charge in [-0.2, -0.15) is 0 Å². The van der Waals surface area contributed by atoms with Crippen molar-refractivity contribution in [3.8, 4) is 0 Å². The molecule has 2 aromatic rings. The van der Waals surface area contributed by atoms with Gasteiger partial charge in [-0.3, -0.25) is 4.98 Å². The van der Waals surface area contributed by atoms with Crippen molar-refractivity contribution in [1.29, 1.82) is 0 Å². The van der Waals surface area contributed by atoms with Crippen molar-refractivity contribution in [3.05, 3.63) is 54.2 Å². The van der Waals surface area contributed by atoms with Crippen molar-refractivity contribution in [2.24, 2.45) is 0 Å². The molecule has 2 aromatic heterocycles. The molecule has 16 heavy (non-hydrogen) atoms. The minimum Gasteiger partial charge on any atom is -0.364 e. The number of aromatic nitrogens is 2. The lowest BCUT2D eigenvalue weighted by Gasteiger charge is -2.14. The van der Waals surface area contributed by atoms with Crippen LogP contribution in [0.15, 0.2) is 42.9 Å². The van der Waals surface area contributed by atoms with E-state index in [1.165, 1.54) is 12.3 Å². The van der Waals surface area contributed by atoms with Gasteiger partial charge in [0, 0.05) is 12.4 Å². The van der Waals surface area contributed by atoms with Gasteiger partial charge < -0.3 is 5.32 Å². The summed E-state index contributed by atoms with van der Waals surface area (Å²) in [5.74, 6) is 0.327. The Morgan fingerprint density at radius 3 is 2.56 bits per heavy atom. The van der Waals surface area contributed by atoms with Crippen molar-refractivity contribution in [3.63, 3.8) is 0 Å². The number of nitrogens with one attached hydrogen (secondary N) is 1. The summed E-state index contributed by atoms with van der Waals surface area (Å²) in [5.41, 5.74) is 1.11. The molecule has 2 rings (SSSR count). The Labute approximate surface area is 93.4 Å². The van der Waals surface area contributed by atoms with E-state index in [9.17, 15) is 4.39 Å². The molecule has 0 aliphatic heterocycles. The molecule has 0 radical (unpaired) electrons. The highest BCUT2D eigenvalue weighted by Gasteiger charge is 2.05. The predicted molar refractivity (Wildman–Crippen MR) is 60.5 cm³/mol. The molecule has 0 saturated heterocycles. The molecule has 0 bridgehead atoms. The molecule has 0 amide bonds. The van der Waals surface area contributed by atoms with E-state index in [0.717, 1.165) is 5.56 Å². The van der Waals surface area contributed by atoms with Crippen LogP contribution in [0, 0.1) is 5.82 Å². The van der Waals surface area contributed by atoms with Crippen LogP contribution in [-0.4, -0.2) is 9.97 Å². The molecule has 3 nitrogen and oxygen atoms in total. The van der Waals surface area contributed by atoms with Gasteiger partial charge in [-0.1, -0.05) is 0 Å². The van der Waals surface area contributed by atoms with Crippen LogP contribution in [0.2, 0.25) is 0 Å². The highest BCUT2D eigenvalue weighted by Crippen LogP contribution is 2.16. The summed E-state index contributed by atoms with van der Waals surface area (Å²) in [6.45, 7) is 2.01. The number of pyridine rings is 2. The minimum absolute atomic E-state index is 0.112. The highest BCUT2D eigenvalue weighted by molar-refractivity contribution is 5.37. The van der Waals surface area contributed by atoms with E-state index in [2.05, 4.69) is 15.3 Å². The number of nitrogens with zero attached hydrogens (tertiary/aromatic N) is 2. The molecule has 0 aliphatic rings. The van der Waals surface area contributed by atoms with Gasteiger partial charge in [0.2, 0.25) is 0 Å². The number of hydrogen-bond donors (Lipinski definition) is 1. The fourth-order valence-electron chi connectivity index (χ4n) is 1.42. The summed E-state index contributed by atoms with van der Waals surface area (Å²) in [4.78, 5) is 7.90. The number of hydrogen-bond acceptors (Lipinski definition) is 3. The second-order valence-electron chi connectivity index (χ2n) is 3.51. The van der Waals surface area contributed by atoms with Gasteiger partial charge in [-0.25, -0.2) is 9.37 Å². The molecule has 82 valence electrons. The first-order valence-corrected chi connectivity index (χ1v) is 5.04. The van der Waals surface area contributed by atoms with Crippen LogP contribution < -0.4 is 5.32 Å². The molecule has 0 spiro atoms. The van der Waals surface area contributed by atoms with Crippen LogP contribution in [0.1, 0.15) is 18.5 Å². The van der Waals surface area contributed by atoms with E-state index < -0.39 is 0 Å². The van der Waals surface area contributed by atoms with E-state index >= 15 is 0 Å². The average Bonchev–Trinajstić information content (AvgIpc) is 2.33. The summed E-state index contributed by atoms with van der Waals surface area (Å²) in [6.07, 6.45) is 4.68. The average molecular weight is 217 g/mol. The van der Waals surface area contributed by atoms with Gasteiger partial charge in [-0.15, -0.1) is 0 Å². The largest absolute Gasteiger partial charge is 0.364 e. The minimum atomic E-state index is -0.331. The molecule has 0 saturated carbocycles. The van der Waals surface area contributed by atoms with Crippen molar-refractivity contribution < 1.29 is 4.39 Å². The molecule has 1 unspecified atom stereocenters. The maximum Gasteiger partial charge on any atom is 0.141 e. The molecule has 0 fully saturated rings. The van der Waals surface area contributed by atoms with Gasteiger partial charge in [0.1, 0.15) is 11.6 Å². The Morgan fingerprint density at radius 1 is 1.19 bits per heavy atom. The number of rotatable bonds is 3. The molecule has 1 N–H and O–H groups in total. The van der Waals surface area contributed by atoms with Gasteiger partial charge in [0.15, 0.2) is 0 Å². The van der Waals surface area contributed by atoms with Crippen LogP contribution in [-0.2, 0) is 0 Å². The fraction of sp³-hybridized carbons (Fsp3) is 0.167. The molecule has 2 heterocycles. The van der Waals surface area contributed by atoms with Crippen LogP contribution in [0.25, 0.3) is 0 Å². The zero-order chi connectivity index (χ0) is 11.4. The van der Waals surface area contributed by atoms with Gasteiger partial charge in [-0.05, 0) is 36.8 Å². The van der Waals surface area contributed by atoms with Crippen LogP contribution >= 0.6 is 0 Å². The Hall–Kier alpha value is -1.97. The van der Waals surface area contributed by atoms with Crippen molar-refractivity contribution in [2.75, 3.05) is 5.32 Å². The standard InChI is InChI=1S/C12H12FN3/c1-9(10-4-6-14-7-5-10)16-12-3-2-11(13)8-15-12/h2-9H,1H3,(H,15,16). The summed E-state index contributed by atoms with van der Waals surface area (Å²) in [5, 5.41) is 3.18. The maximum atomic E-state index is 12.6. The molecular weight excluding hydrogens is 205 g/mol. The molecule has 4 heteroatoms. The topological polar surface area (TPSA) is 37.8 Å². The summed E-state index contributed by atoms with van der Waals surface area (Å²) < 4.78 is 12.6. The lowest BCUT2D eigenvalue weighted by Crippen LogP contribution is -2.07. The molecule has 0 aliphatic carbocycles. The van der Waals surface area contributed by atoms with E-state index in [4.69, 9.17) is 0 Å². The van der Waals surface area contributed by atoms with E-state index in [1.807, 2.05) is 19.1 Å². The summed E-state index contributed by atoms with van der Waals surface area (Å²) in [7, 11) is 0. The van der Waals surface area contributed by atoms with Crippen LogP contribution in [0.5, 0.6) is 0 Å². The Kier molecular flexibility index (Phi) is 3.10. The van der Waals surface area contributed by atoms with Crippen molar-refractivity contribution in [1.82, 2.24) is 9.97 Å². The Bertz CT molecular complexity index is 442. The van der Waals surface area contributed by atoms with Gasteiger partial charge in [0.05, 0.1) is 12.2 Å². The second-order valence-corrected chi connectivity index (χ2v) is 3.51. The fourth-order valence-corrected chi connectivity index (χ4v) is 1.42. The van der Waals surface area contributed by atoms with Gasteiger partial charge in [0.25, 0.3) is 0 Å². The van der Waals surface area contributed by atoms with E-state index in [1.54, 1.807) is 18.5 Å². The zero-order valence-corrected chi connectivity index (χ0v) is 8.89. The monoisotopic (exact) mass is 217 g/mol. The summed E-state index contributed by atoms with van der Waals surface area (Å²) >= 11 is 0. The van der Waals surface area contributed by atoms with Gasteiger partial charge >= 0.3 is 0 Å². The van der Waals surface area contributed by atoms with Crippen molar-refractivity contribution >= 4 is 5.82 Å². The third-order valence-corrected chi connectivity index (χ3v) is 2.30. The lowest BCUT2D eigenvalue weighted by molar-refractivity contribution is 0.621. The predicted octanol–water partition coefficient (Wildman–Crippen LogP) is 2.79. The normalized spacial score (nSPS) is 12.1. The third kappa shape index (κ3) is 2.53. The van der Waals surface area contributed by atoms with Crippen LogP contribution in [0.4, 0.5) is 10.2 Å². The maximum absolute atomic E-state index is 12.6. The van der Waals surface area contributed by atoms with Crippen molar-refractivity contribution in [2.45, 2.75) is 13.0 Å². The first-order chi connectivity index (χ1) is 7.75. The first kappa shape index (κ1) is 10.5.